The number of nitrogens with one attached hydrogen (secondary N) is 1. The molecule has 1 N–H and O–H groups in total. The van der Waals surface area contributed by atoms with Crippen LogP contribution in [0.15, 0.2) is 36.4 Å². The van der Waals surface area contributed by atoms with Crippen LogP contribution in [0.2, 0.25) is 0 Å². The van der Waals surface area contributed by atoms with Gasteiger partial charge in [0, 0.05) is 11.3 Å². The zero-order chi connectivity index (χ0) is 18.7. The maximum absolute atomic E-state index is 12.4. The number of benzene rings is 2. The van der Waals surface area contributed by atoms with Crippen LogP contribution in [0.4, 0.5) is 5.69 Å². The summed E-state index contributed by atoms with van der Waals surface area (Å²) in [5.41, 5.74) is 6.24. The highest BCUT2D eigenvalue weighted by molar-refractivity contribution is 5.92. The quantitative estimate of drug-likeness (QED) is 0.765. The molecule has 1 aromatic heterocycles. The third kappa shape index (κ3) is 3.96. The predicted molar refractivity (Wildman–Crippen MR) is 102 cm³/mol. The van der Waals surface area contributed by atoms with Crippen LogP contribution in [0.3, 0.4) is 0 Å². The van der Waals surface area contributed by atoms with Gasteiger partial charge in [0.1, 0.15) is 6.54 Å². The third-order valence-corrected chi connectivity index (χ3v) is 4.30. The van der Waals surface area contributed by atoms with Gasteiger partial charge < -0.3 is 5.32 Å². The van der Waals surface area contributed by atoms with Crippen molar-refractivity contribution in [1.29, 1.82) is 0 Å². The molecule has 1 heterocycles. The fraction of sp³-hybridized carbons (Fsp3) is 0.300. The Morgan fingerprint density at radius 2 is 1.73 bits per heavy atom. The van der Waals surface area contributed by atoms with Crippen LogP contribution in [0.1, 0.15) is 29.2 Å². The van der Waals surface area contributed by atoms with Crippen LogP contribution >= 0.6 is 0 Å². The number of carbonyl (C=O) groups excluding carboxylic acids is 1. The van der Waals surface area contributed by atoms with Gasteiger partial charge in [0.25, 0.3) is 0 Å². The molecule has 6 heteroatoms. The molecule has 6 nitrogen and oxygen atoms in total. The summed E-state index contributed by atoms with van der Waals surface area (Å²) in [6, 6.07) is 12.1. The summed E-state index contributed by atoms with van der Waals surface area (Å²) in [4.78, 5) is 13.7. The molecular formula is C20H23N5O. The average Bonchev–Trinajstić information content (AvgIpc) is 3.06. The van der Waals surface area contributed by atoms with Gasteiger partial charge in [-0.2, -0.15) is 4.80 Å². The Bertz CT molecular complexity index is 905. The summed E-state index contributed by atoms with van der Waals surface area (Å²) >= 11 is 0. The van der Waals surface area contributed by atoms with E-state index in [9.17, 15) is 4.79 Å². The summed E-state index contributed by atoms with van der Waals surface area (Å²) in [5, 5.41) is 15.3. The number of tetrazole rings is 1. The van der Waals surface area contributed by atoms with Crippen LogP contribution in [-0.4, -0.2) is 26.1 Å². The molecular weight excluding hydrogens is 326 g/mol. The molecule has 0 fully saturated rings. The van der Waals surface area contributed by atoms with Crippen molar-refractivity contribution in [2.45, 2.75) is 40.7 Å². The van der Waals surface area contributed by atoms with Crippen molar-refractivity contribution >= 4 is 11.6 Å². The molecule has 0 aliphatic carbocycles. The highest BCUT2D eigenvalue weighted by Crippen LogP contribution is 2.22. The molecule has 1 amide bonds. The molecule has 0 bridgehead atoms. The Balaban J connectivity index is 1.70. The number of carbonyl (C=O) groups is 1. The van der Waals surface area contributed by atoms with Crippen molar-refractivity contribution in [1.82, 2.24) is 20.2 Å². The first kappa shape index (κ1) is 17.8. The SMILES string of the molecule is CCc1ccc(-c2nnn(CC(=O)Nc3c(C)cc(C)cc3C)n2)cc1. The Labute approximate surface area is 153 Å². The lowest BCUT2D eigenvalue weighted by atomic mass is 10.1. The maximum Gasteiger partial charge on any atom is 0.248 e. The van der Waals surface area contributed by atoms with E-state index in [1.54, 1.807) is 0 Å². The molecule has 0 unspecified atom stereocenters. The van der Waals surface area contributed by atoms with Gasteiger partial charge in [0.2, 0.25) is 11.7 Å². The monoisotopic (exact) mass is 349 g/mol. The zero-order valence-corrected chi connectivity index (χ0v) is 15.6. The Morgan fingerprint density at radius 3 is 2.35 bits per heavy atom. The molecule has 0 spiro atoms. The van der Waals surface area contributed by atoms with Crippen molar-refractivity contribution in [3.05, 3.63) is 58.7 Å². The van der Waals surface area contributed by atoms with Crippen LogP contribution < -0.4 is 5.32 Å². The summed E-state index contributed by atoms with van der Waals surface area (Å²) in [6.45, 7) is 8.15. The normalized spacial score (nSPS) is 10.8. The minimum atomic E-state index is -0.176. The second-order valence-corrected chi connectivity index (χ2v) is 6.52. The van der Waals surface area contributed by atoms with Crippen LogP contribution in [0.25, 0.3) is 11.4 Å². The number of aryl methyl sites for hydroxylation is 4. The van der Waals surface area contributed by atoms with Crippen molar-refractivity contribution in [2.24, 2.45) is 0 Å². The first-order valence-corrected chi connectivity index (χ1v) is 8.71. The Hall–Kier alpha value is -3.02. The van der Waals surface area contributed by atoms with Crippen LogP contribution in [0.5, 0.6) is 0 Å². The summed E-state index contributed by atoms with van der Waals surface area (Å²) in [6.07, 6.45) is 0.985. The fourth-order valence-electron chi connectivity index (χ4n) is 3.00. The van der Waals surface area contributed by atoms with Crippen LogP contribution in [0, 0.1) is 20.8 Å². The van der Waals surface area contributed by atoms with E-state index in [4.69, 9.17) is 0 Å². The van der Waals surface area contributed by atoms with E-state index in [1.807, 2.05) is 57.2 Å². The van der Waals surface area contributed by atoms with Gasteiger partial charge in [0.15, 0.2) is 0 Å². The molecule has 0 aliphatic rings. The molecule has 0 radical (unpaired) electrons. The fourth-order valence-corrected chi connectivity index (χ4v) is 3.00. The predicted octanol–water partition coefficient (Wildman–Crippen LogP) is 3.47. The lowest BCUT2D eigenvalue weighted by molar-refractivity contribution is -0.117. The Morgan fingerprint density at radius 1 is 1.08 bits per heavy atom. The number of hydrogen-bond donors (Lipinski definition) is 1. The molecule has 26 heavy (non-hydrogen) atoms. The minimum absolute atomic E-state index is 0.0206. The standard InChI is InChI=1S/C20H23N5O/c1-5-16-6-8-17(9-7-16)20-22-24-25(23-20)12-18(26)21-19-14(3)10-13(2)11-15(19)4/h6-11H,5,12H2,1-4H3,(H,21,26). The van der Waals surface area contributed by atoms with Gasteiger partial charge in [-0.15, -0.1) is 10.2 Å². The lowest BCUT2D eigenvalue weighted by Crippen LogP contribution is -2.21. The van der Waals surface area contributed by atoms with E-state index in [0.717, 1.165) is 28.8 Å². The summed E-state index contributed by atoms with van der Waals surface area (Å²) in [5.74, 6) is 0.341. The van der Waals surface area contributed by atoms with Gasteiger partial charge in [-0.1, -0.05) is 48.9 Å². The van der Waals surface area contributed by atoms with Gasteiger partial charge >= 0.3 is 0 Å². The molecule has 0 saturated carbocycles. The van der Waals surface area contributed by atoms with E-state index in [2.05, 4.69) is 27.7 Å². The number of amides is 1. The van der Waals surface area contributed by atoms with Crippen molar-refractivity contribution in [3.63, 3.8) is 0 Å². The number of hydrogen-bond acceptors (Lipinski definition) is 4. The molecule has 2 aromatic carbocycles. The number of aromatic nitrogens is 4. The average molecular weight is 349 g/mol. The lowest BCUT2D eigenvalue weighted by Gasteiger charge is -2.12. The van der Waals surface area contributed by atoms with E-state index < -0.39 is 0 Å². The second-order valence-electron chi connectivity index (χ2n) is 6.52. The van der Waals surface area contributed by atoms with Crippen LogP contribution in [-0.2, 0) is 17.8 Å². The van der Waals surface area contributed by atoms with E-state index in [0.29, 0.717) is 5.82 Å². The first-order valence-electron chi connectivity index (χ1n) is 8.71. The summed E-state index contributed by atoms with van der Waals surface area (Å²) < 4.78 is 0. The van der Waals surface area contributed by atoms with Crippen molar-refractivity contribution in [2.75, 3.05) is 5.32 Å². The van der Waals surface area contributed by atoms with Gasteiger partial charge in [-0.05, 0) is 49.1 Å². The minimum Gasteiger partial charge on any atom is -0.324 e. The highest BCUT2D eigenvalue weighted by Gasteiger charge is 2.12. The van der Waals surface area contributed by atoms with Crippen molar-refractivity contribution in [3.8, 4) is 11.4 Å². The molecule has 134 valence electrons. The zero-order valence-electron chi connectivity index (χ0n) is 15.6. The molecule has 0 aliphatic heterocycles. The van der Waals surface area contributed by atoms with Gasteiger partial charge in [-0.3, -0.25) is 4.79 Å². The molecule has 0 atom stereocenters. The van der Waals surface area contributed by atoms with E-state index in [1.165, 1.54) is 15.9 Å². The van der Waals surface area contributed by atoms with Gasteiger partial charge in [0.05, 0.1) is 0 Å². The van der Waals surface area contributed by atoms with Crippen molar-refractivity contribution < 1.29 is 4.79 Å². The smallest absolute Gasteiger partial charge is 0.248 e. The van der Waals surface area contributed by atoms with Gasteiger partial charge in [-0.25, -0.2) is 0 Å². The van der Waals surface area contributed by atoms with E-state index >= 15 is 0 Å². The highest BCUT2D eigenvalue weighted by atomic mass is 16.2. The molecule has 0 saturated heterocycles. The molecule has 3 rings (SSSR count). The third-order valence-electron chi connectivity index (χ3n) is 4.30. The largest absolute Gasteiger partial charge is 0.324 e. The first-order chi connectivity index (χ1) is 12.5. The number of nitrogens with zero attached hydrogens (tertiary/aromatic N) is 4. The second kappa shape index (κ2) is 7.47. The number of anilines is 1. The Kier molecular flexibility index (Phi) is 5.11. The van der Waals surface area contributed by atoms with E-state index in [-0.39, 0.29) is 12.5 Å². The maximum atomic E-state index is 12.4. The summed E-state index contributed by atoms with van der Waals surface area (Å²) in [7, 11) is 0. The molecule has 3 aromatic rings. The topological polar surface area (TPSA) is 72.7 Å². The number of rotatable bonds is 5.